The number of rotatable bonds is 8. The van der Waals surface area contributed by atoms with Gasteiger partial charge in [-0.3, -0.25) is 10.6 Å². The topological polar surface area (TPSA) is 33.3 Å². The summed E-state index contributed by atoms with van der Waals surface area (Å²) in [5.41, 5.74) is 10.6. The predicted molar refractivity (Wildman–Crippen MR) is 169 cm³/mol. The molecule has 212 valence electrons. The molecule has 2 aliphatic rings. The Morgan fingerprint density at radius 1 is 0.390 bits per heavy atom. The van der Waals surface area contributed by atoms with E-state index in [1.54, 1.807) is 0 Å². The summed E-state index contributed by atoms with van der Waals surface area (Å²) in [5.74, 6) is 0. The largest absolute Gasteiger partial charge is 0.367 e. The molecule has 3 nitrogen and oxygen atoms in total. The van der Waals surface area contributed by atoms with Gasteiger partial charge in [0.25, 0.3) is 0 Å². The molecular formula is C38H44N2O. The van der Waals surface area contributed by atoms with Gasteiger partial charge in [-0.1, -0.05) is 125 Å². The van der Waals surface area contributed by atoms with Gasteiger partial charge in [-0.15, -0.1) is 0 Å². The third-order valence-corrected chi connectivity index (χ3v) is 9.33. The van der Waals surface area contributed by atoms with E-state index in [2.05, 4.69) is 135 Å². The molecule has 3 heteroatoms. The van der Waals surface area contributed by atoms with Crippen LogP contribution >= 0.6 is 0 Å². The van der Waals surface area contributed by atoms with Gasteiger partial charge >= 0.3 is 0 Å². The molecule has 4 aromatic carbocycles. The van der Waals surface area contributed by atoms with Gasteiger partial charge in [-0.25, -0.2) is 0 Å². The second-order valence-electron chi connectivity index (χ2n) is 11.7. The van der Waals surface area contributed by atoms with Crippen LogP contribution in [0.5, 0.6) is 0 Å². The minimum absolute atomic E-state index is 0.0442. The van der Waals surface area contributed by atoms with E-state index in [1.165, 1.54) is 44.5 Å². The van der Waals surface area contributed by atoms with Crippen LogP contribution in [0.4, 0.5) is 0 Å². The zero-order valence-corrected chi connectivity index (χ0v) is 24.9. The maximum atomic E-state index is 7.29. The lowest BCUT2D eigenvalue weighted by Crippen LogP contribution is -2.61. The average Bonchev–Trinajstić information content (AvgIpc) is 3.05. The van der Waals surface area contributed by atoms with E-state index in [4.69, 9.17) is 4.74 Å². The first-order valence-corrected chi connectivity index (χ1v) is 15.6. The minimum Gasteiger partial charge on any atom is -0.367 e. The van der Waals surface area contributed by atoms with Crippen molar-refractivity contribution in [2.75, 3.05) is 0 Å². The highest BCUT2D eigenvalue weighted by Crippen LogP contribution is 2.47. The van der Waals surface area contributed by atoms with Gasteiger partial charge in [0.1, 0.15) is 0 Å². The third kappa shape index (κ3) is 5.64. The van der Waals surface area contributed by atoms with Crippen molar-refractivity contribution in [2.24, 2.45) is 0 Å². The average molecular weight is 545 g/mol. The van der Waals surface area contributed by atoms with Gasteiger partial charge < -0.3 is 4.74 Å². The van der Waals surface area contributed by atoms with Crippen molar-refractivity contribution in [2.45, 2.75) is 89.8 Å². The molecule has 2 fully saturated rings. The summed E-state index contributed by atoms with van der Waals surface area (Å²) < 4.78 is 7.29. The molecule has 4 aromatic rings. The van der Waals surface area contributed by atoms with Crippen LogP contribution in [0, 0.1) is 0 Å². The maximum absolute atomic E-state index is 7.29. The lowest BCUT2D eigenvalue weighted by Gasteiger charge is -2.53. The van der Waals surface area contributed by atoms with Crippen LogP contribution in [-0.4, -0.2) is 12.2 Å². The van der Waals surface area contributed by atoms with Crippen molar-refractivity contribution in [1.82, 2.24) is 10.6 Å². The minimum atomic E-state index is -0.0442. The fourth-order valence-corrected chi connectivity index (χ4v) is 6.63. The molecule has 2 aliphatic heterocycles. The number of hydrogen-bond donors (Lipinski definition) is 2. The lowest BCUT2D eigenvalue weighted by molar-refractivity contribution is -0.154. The van der Waals surface area contributed by atoms with E-state index in [9.17, 15) is 0 Å². The molecule has 2 heterocycles. The number of fused-ring (bicyclic) bond motifs is 2. The van der Waals surface area contributed by atoms with Crippen molar-refractivity contribution in [3.63, 3.8) is 0 Å². The highest BCUT2D eigenvalue weighted by molar-refractivity contribution is 5.37. The van der Waals surface area contributed by atoms with Crippen LogP contribution in [-0.2, 0) is 30.4 Å². The zero-order valence-electron chi connectivity index (χ0n) is 24.9. The summed E-state index contributed by atoms with van der Waals surface area (Å²) in [4.78, 5) is 0. The first-order chi connectivity index (χ1) is 20.1. The van der Waals surface area contributed by atoms with Crippen molar-refractivity contribution in [1.29, 1.82) is 0 Å². The number of hydrogen-bond acceptors (Lipinski definition) is 3. The summed E-state index contributed by atoms with van der Waals surface area (Å²) in [7, 11) is 0. The number of aryl methyl sites for hydroxylation is 4. The van der Waals surface area contributed by atoms with Crippen molar-refractivity contribution >= 4 is 0 Å². The van der Waals surface area contributed by atoms with Crippen molar-refractivity contribution in [3.8, 4) is 0 Å². The summed E-state index contributed by atoms with van der Waals surface area (Å²) >= 11 is 0. The molecule has 0 radical (unpaired) electrons. The number of benzene rings is 4. The Morgan fingerprint density at radius 3 is 0.805 bits per heavy atom. The Hall–Kier alpha value is -3.24. The molecule has 2 unspecified atom stereocenters. The van der Waals surface area contributed by atoms with Gasteiger partial charge in [0.2, 0.25) is 0 Å². The van der Waals surface area contributed by atoms with Gasteiger partial charge in [-0.05, 0) is 70.2 Å². The van der Waals surface area contributed by atoms with Crippen LogP contribution < -0.4 is 10.6 Å². The second kappa shape index (κ2) is 12.3. The molecule has 41 heavy (non-hydrogen) atoms. The number of morpholine rings is 2. The third-order valence-electron chi connectivity index (χ3n) is 9.33. The summed E-state index contributed by atoms with van der Waals surface area (Å²) in [6.45, 7) is 8.86. The highest BCUT2D eigenvalue weighted by atomic mass is 16.5. The van der Waals surface area contributed by atoms with Crippen LogP contribution in [0.25, 0.3) is 0 Å². The maximum Gasteiger partial charge on any atom is 0.0969 e. The Balaban J connectivity index is 1.44. The molecule has 2 saturated heterocycles. The van der Waals surface area contributed by atoms with E-state index in [0.29, 0.717) is 0 Å². The van der Waals surface area contributed by atoms with E-state index >= 15 is 0 Å². The predicted octanol–water partition coefficient (Wildman–Crippen LogP) is 8.16. The molecule has 0 amide bonds. The Morgan fingerprint density at radius 2 is 0.610 bits per heavy atom. The molecule has 0 spiro atoms. The molecule has 0 aromatic heterocycles. The molecule has 0 aliphatic carbocycles. The Bertz CT molecular complexity index is 1190. The quantitative estimate of drug-likeness (QED) is 0.235. The van der Waals surface area contributed by atoms with Crippen LogP contribution in [0.1, 0.15) is 96.4 Å². The second-order valence-corrected chi connectivity index (χ2v) is 11.7. The van der Waals surface area contributed by atoms with Gasteiger partial charge in [0.05, 0.1) is 36.4 Å². The zero-order chi connectivity index (χ0) is 28.3. The van der Waals surface area contributed by atoms with Gasteiger partial charge in [-0.2, -0.15) is 0 Å². The SMILES string of the molecule is CCc1ccc([C@H]2N[C@@H](c3ccc(CC)cc3)C3OC2[C@H](c2ccc(CC)cc2)N[C@@H]3c2ccc(CC)cc2)cc1. The Kier molecular flexibility index (Phi) is 8.39. The fraction of sp³-hybridized carbons (Fsp3) is 0.368. The smallest absolute Gasteiger partial charge is 0.0969 e. The summed E-state index contributed by atoms with van der Waals surface area (Å²) in [6.07, 6.45) is 4.08. The van der Waals surface area contributed by atoms with Gasteiger partial charge in [0.15, 0.2) is 0 Å². The normalized spacial score (nSPS) is 25.7. The standard InChI is InChI=1S/C38H44N2O/c1-5-25-9-17-29(18-10-25)33-37-34(30-19-11-26(6-2)12-20-30)40-36(32-23-15-28(8-4)16-24-32)38(41-37)35(39-33)31-21-13-27(7-3)14-22-31/h9-24,33-40H,5-8H2,1-4H3/t33-,34+,35+,36-,37?,38?. The molecule has 2 N–H and O–H groups in total. The van der Waals surface area contributed by atoms with Crippen LogP contribution in [0.15, 0.2) is 97.1 Å². The van der Waals surface area contributed by atoms with Crippen LogP contribution in [0.3, 0.4) is 0 Å². The monoisotopic (exact) mass is 544 g/mol. The summed E-state index contributed by atoms with van der Waals surface area (Å²) in [6, 6.07) is 36.8. The van der Waals surface area contributed by atoms with Crippen LogP contribution in [0.2, 0.25) is 0 Å². The van der Waals surface area contributed by atoms with Crippen molar-refractivity contribution in [3.05, 3.63) is 142 Å². The molecular weight excluding hydrogens is 500 g/mol. The number of ether oxygens (including phenoxy) is 1. The molecule has 0 saturated carbocycles. The first kappa shape index (κ1) is 27.9. The summed E-state index contributed by atoms with van der Waals surface area (Å²) in [5, 5.41) is 8.29. The highest BCUT2D eigenvalue weighted by Gasteiger charge is 2.50. The molecule has 6 atom stereocenters. The van der Waals surface area contributed by atoms with E-state index < -0.39 is 0 Å². The fourth-order valence-electron chi connectivity index (χ4n) is 6.63. The van der Waals surface area contributed by atoms with E-state index in [-0.39, 0.29) is 36.4 Å². The lowest BCUT2D eigenvalue weighted by atomic mass is 9.79. The first-order valence-electron chi connectivity index (χ1n) is 15.6. The molecule has 2 bridgehead atoms. The van der Waals surface area contributed by atoms with E-state index in [0.717, 1.165) is 25.7 Å². The Labute approximate surface area is 246 Å². The number of nitrogens with one attached hydrogen (secondary N) is 2. The van der Waals surface area contributed by atoms with E-state index in [1.807, 2.05) is 0 Å². The molecule has 6 rings (SSSR count). The van der Waals surface area contributed by atoms with Gasteiger partial charge in [0, 0.05) is 0 Å². The van der Waals surface area contributed by atoms with Crippen molar-refractivity contribution < 1.29 is 4.74 Å².